The van der Waals surface area contributed by atoms with Gasteiger partial charge in [0.15, 0.2) is 11.5 Å². The molecular formula is C19H21N9O. The molecule has 5 rings (SSSR count). The molecule has 1 unspecified atom stereocenters. The van der Waals surface area contributed by atoms with Gasteiger partial charge in [-0.3, -0.25) is 5.41 Å². The van der Waals surface area contributed by atoms with E-state index in [0.717, 1.165) is 53.5 Å². The molecule has 148 valence electrons. The number of aromatic amines is 2. The second kappa shape index (κ2) is 7.13. The molecule has 0 aliphatic carbocycles. The number of fused-ring (bicyclic) bond motifs is 2. The van der Waals surface area contributed by atoms with Gasteiger partial charge in [-0.1, -0.05) is 0 Å². The summed E-state index contributed by atoms with van der Waals surface area (Å²) in [6.07, 6.45) is 4.39. The maximum absolute atomic E-state index is 7.57. The monoisotopic (exact) mass is 391 g/mol. The van der Waals surface area contributed by atoms with Crippen LogP contribution in [0.3, 0.4) is 0 Å². The number of H-pyrrole nitrogens is 2. The average molecular weight is 391 g/mol. The van der Waals surface area contributed by atoms with Crippen LogP contribution in [0.25, 0.3) is 22.2 Å². The topological polar surface area (TPSA) is 154 Å². The molecule has 0 bridgehead atoms. The first-order chi connectivity index (χ1) is 14.2. The van der Waals surface area contributed by atoms with Crippen LogP contribution in [0.15, 0.2) is 24.5 Å². The summed E-state index contributed by atoms with van der Waals surface area (Å²) in [5.74, 6) is 2.26. The SMILES string of the molecule is N=C(N)c1ccc2nc(Cc3nc4ncnc(NCC5CCCO5)c4[nH]3)[nH]c2c1. The van der Waals surface area contributed by atoms with Gasteiger partial charge in [-0.15, -0.1) is 0 Å². The standard InChI is InChI=1S/C19H21N9O/c20-17(21)10-3-4-12-13(6-10)26-14(25-12)7-15-27-16-18(23-9-24-19(16)28-15)22-8-11-2-1-5-29-11/h3-4,6,9,11H,1-2,5,7-8H2,(H3,20,21)(H,25,26)(H2,22,23,24,27,28). The molecule has 0 saturated carbocycles. The van der Waals surface area contributed by atoms with E-state index in [4.69, 9.17) is 15.9 Å². The molecule has 1 saturated heterocycles. The normalized spacial score (nSPS) is 16.6. The maximum Gasteiger partial charge on any atom is 0.183 e. The van der Waals surface area contributed by atoms with Crippen molar-refractivity contribution in [2.75, 3.05) is 18.5 Å². The number of hydrogen-bond acceptors (Lipinski definition) is 7. The molecule has 1 atom stereocenters. The Balaban J connectivity index is 1.38. The predicted molar refractivity (Wildman–Crippen MR) is 109 cm³/mol. The van der Waals surface area contributed by atoms with Crippen molar-refractivity contribution in [1.82, 2.24) is 29.9 Å². The van der Waals surface area contributed by atoms with E-state index < -0.39 is 0 Å². The summed E-state index contributed by atoms with van der Waals surface area (Å²) < 4.78 is 5.66. The molecule has 0 amide bonds. The molecule has 1 fully saturated rings. The van der Waals surface area contributed by atoms with Gasteiger partial charge in [-0.2, -0.15) is 0 Å². The fourth-order valence-electron chi connectivity index (χ4n) is 3.58. The minimum atomic E-state index is 0.0296. The maximum atomic E-state index is 7.57. The van der Waals surface area contributed by atoms with Crippen LogP contribution in [0.5, 0.6) is 0 Å². The lowest BCUT2D eigenvalue weighted by atomic mass is 10.2. The molecule has 0 spiro atoms. The average Bonchev–Trinajstić information content (AvgIpc) is 3.44. The zero-order valence-electron chi connectivity index (χ0n) is 15.7. The van der Waals surface area contributed by atoms with E-state index in [1.807, 2.05) is 12.1 Å². The van der Waals surface area contributed by atoms with Gasteiger partial charge in [0.25, 0.3) is 0 Å². The van der Waals surface area contributed by atoms with Crippen LogP contribution >= 0.6 is 0 Å². The number of aromatic nitrogens is 6. The number of benzene rings is 1. The van der Waals surface area contributed by atoms with Gasteiger partial charge in [0.1, 0.15) is 29.3 Å². The highest BCUT2D eigenvalue weighted by molar-refractivity contribution is 5.97. The summed E-state index contributed by atoms with van der Waals surface area (Å²) >= 11 is 0. The molecule has 29 heavy (non-hydrogen) atoms. The van der Waals surface area contributed by atoms with Gasteiger partial charge in [0.05, 0.1) is 23.6 Å². The quantitative estimate of drug-likeness (QED) is 0.247. The summed E-state index contributed by atoms with van der Waals surface area (Å²) in [6, 6.07) is 5.47. The number of rotatable bonds is 6. The number of amidine groups is 1. The van der Waals surface area contributed by atoms with E-state index in [0.29, 0.717) is 24.2 Å². The third-order valence-electron chi connectivity index (χ3n) is 5.04. The Morgan fingerprint density at radius 3 is 2.97 bits per heavy atom. The Morgan fingerprint density at radius 2 is 2.14 bits per heavy atom. The van der Waals surface area contributed by atoms with E-state index >= 15 is 0 Å². The Hall–Kier alpha value is -3.53. The molecule has 4 heterocycles. The fraction of sp³-hybridized carbons (Fsp3) is 0.316. The molecule has 1 aliphatic rings. The van der Waals surface area contributed by atoms with Crippen LogP contribution in [-0.2, 0) is 11.2 Å². The van der Waals surface area contributed by atoms with E-state index in [2.05, 4.69) is 35.2 Å². The Morgan fingerprint density at radius 1 is 1.24 bits per heavy atom. The first-order valence-corrected chi connectivity index (χ1v) is 9.54. The Labute approximate surface area is 165 Å². The molecule has 3 aromatic heterocycles. The van der Waals surface area contributed by atoms with Crippen LogP contribution in [0, 0.1) is 5.41 Å². The van der Waals surface area contributed by atoms with Crippen molar-refractivity contribution in [3.63, 3.8) is 0 Å². The van der Waals surface area contributed by atoms with Crippen molar-refractivity contribution >= 4 is 33.9 Å². The summed E-state index contributed by atoms with van der Waals surface area (Å²) in [7, 11) is 0. The largest absolute Gasteiger partial charge is 0.384 e. The van der Waals surface area contributed by atoms with Gasteiger partial charge in [-0.05, 0) is 31.0 Å². The number of anilines is 1. The number of hydrogen-bond donors (Lipinski definition) is 5. The van der Waals surface area contributed by atoms with E-state index in [9.17, 15) is 0 Å². The van der Waals surface area contributed by atoms with Gasteiger partial charge < -0.3 is 25.8 Å². The van der Waals surface area contributed by atoms with E-state index in [-0.39, 0.29) is 11.9 Å². The summed E-state index contributed by atoms with van der Waals surface area (Å²) in [4.78, 5) is 24.4. The van der Waals surface area contributed by atoms with Gasteiger partial charge in [-0.25, -0.2) is 19.9 Å². The molecule has 10 heteroatoms. The molecule has 6 N–H and O–H groups in total. The van der Waals surface area contributed by atoms with E-state index in [1.54, 1.807) is 6.07 Å². The Kier molecular flexibility index (Phi) is 4.32. The lowest BCUT2D eigenvalue weighted by molar-refractivity contribution is 0.120. The van der Waals surface area contributed by atoms with Crippen LogP contribution in [-0.4, -0.2) is 55.0 Å². The lowest BCUT2D eigenvalue weighted by Gasteiger charge is -2.11. The predicted octanol–water partition coefficient (Wildman–Crippen LogP) is 1.69. The third-order valence-corrected chi connectivity index (χ3v) is 5.04. The second-order valence-corrected chi connectivity index (χ2v) is 7.13. The number of nitrogens with zero attached hydrogens (tertiary/aromatic N) is 4. The van der Waals surface area contributed by atoms with Gasteiger partial charge in [0, 0.05) is 18.7 Å². The first kappa shape index (κ1) is 17.6. The smallest absolute Gasteiger partial charge is 0.183 e. The second-order valence-electron chi connectivity index (χ2n) is 7.13. The number of nitrogen functional groups attached to an aromatic ring is 1. The summed E-state index contributed by atoms with van der Waals surface area (Å²) in [5.41, 5.74) is 9.26. The molecule has 1 aliphatic heterocycles. The molecular weight excluding hydrogens is 370 g/mol. The van der Waals surface area contributed by atoms with Crippen molar-refractivity contribution in [2.45, 2.75) is 25.4 Å². The van der Waals surface area contributed by atoms with Gasteiger partial charge >= 0.3 is 0 Å². The van der Waals surface area contributed by atoms with Crippen molar-refractivity contribution in [3.8, 4) is 0 Å². The number of imidazole rings is 2. The van der Waals surface area contributed by atoms with Crippen molar-refractivity contribution in [3.05, 3.63) is 41.7 Å². The van der Waals surface area contributed by atoms with Crippen molar-refractivity contribution in [2.24, 2.45) is 5.73 Å². The highest BCUT2D eigenvalue weighted by Crippen LogP contribution is 2.20. The zero-order chi connectivity index (χ0) is 19.8. The minimum absolute atomic E-state index is 0.0296. The highest BCUT2D eigenvalue weighted by atomic mass is 16.5. The zero-order valence-corrected chi connectivity index (χ0v) is 15.7. The molecule has 10 nitrogen and oxygen atoms in total. The lowest BCUT2D eigenvalue weighted by Crippen LogP contribution is -2.19. The van der Waals surface area contributed by atoms with Crippen LogP contribution < -0.4 is 11.1 Å². The molecule has 4 aromatic rings. The fourth-order valence-corrected chi connectivity index (χ4v) is 3.58. The van der Waals surface area contributed by atoms with Crippen LogP contribution in [0.4, 0.5) is 5.82 Å². The molecule has 1 aromatic carbocycles. The number of nitrogens with two attached hydrogens (primary N) is 1. The number of nitrogens with one attached hydrogen (secondary N) is 4. The summed E-state index contributed by atoms with van der Waals surface area (Å²) in [5, 5.41) is 10.9. The van der Waals surface area contributed by atoms with Gasteiger partial charge in [0.2, 0.25) is 0 Å². The minimum Gasteiger partial charge on any atom is -0.384 e. The number of ether oxygens (including phenoxy) is 1. The third kappa shape index (κ3) is 3.49. The van der Waals surface area contributed by atoms with Crippen LogP contribution in [0.2, 0.25) is 0 Å². The summed E-state index contributed by atoms with van der Waals surface area (Å²) in [6.45, 7) is 1.54. The molecule has 0 radical (unpaired) electrons. The Bertz CT molecular complexity index is 1190. The highest BCUT2D eigenvalue weighted by Gasteiger charge is 2.17. The van der Waals surface area contributed by atoms with Crippen LogP contribution in [0.1, 0.15) is 30.1 Å². The van der Waals surface area contributed by atoms with Crippen molar-refractivity contribution < 1.29 is 4.74 Å². The first-order valence-electron chi connectivity index (χ1n) is 9.54. The van der Waals surface area contributed by atoms with Crippen molar-refractivity contribution in [1.29, 1.82) is 5.41 Å². The van der Waals surface area contributed by atoms with E-state index in [1.165, 1.54) is 6.33 Å².